The van der Waals surface area contributed by atoms with Crippen LogP contribution in [0.4, 0.5) is 0 Å². The van der Waals surface area contributed by atoms with Gasteiger partial charge in [-0.3, -0.25) is 0 Å². The van der Waals surface area contributed by atoms with Crippen molar-refractivity contribution in [1.82, 2.24) is 9.97 Å². The molecule has 0 radical (unpaired) electrons. The molecular weight excluding hydrogens is 332 g/mol. The average molecular weight is 367 g/mol. The van der Waals surface area contributed by atoms with Crippen LogP contribution in [0.25, 0.3) is 11.4 Å². The maximum Gasteiger partial charge on any atom is 0.159 e. The third-order valence-corrected chi connectivity index (χ3v) is 5.58. The minimum absolute atomic E-state index is 0.803. The van der Waals surface area contributed by atoms with Gasteiger partial charge in [0.15, 0.2) is 5.82 Å². The number of fused-ring (bicyclic) bond motifs is 1. The van der Waals surface area contributed by atoms with Crippen LogP contribution in [0.3, 0.4) is 0 Å². The summed E-state index contributed by atoms with van der Waals surface area (Å²) in [4.78, 5) is 9.50. The van der Waals surface area contributed by atoms with Crippen molar-refractivity contribution in [3.8, 4) is 17.1 Å². The van der Waals surface area contributed by atoms with Crippen LogP contribution < -0.4 is 4.74 Å². The molecule has 27 heavy (non-hydrogen) atoms. The molecule has 0 aliphatic heterocycles. The van der Waals surface area contributed by atoms with Gasteiger partial charge in [0.25, 0.3) is 0 Å². The van der Waals surface area contributed by atoms with Crippen LogP contribution in [0.15, 0.2) is 30.5 Å². The van der Waals surface area contributed by atoms with E-state index in [0.29, 0.717) is 0 Å². The molecule has 3 rings (SSSR count). The minimum Gasteiger partial charge on any atom is -0.494 e. The lowest BCUT2D eigenvalue weighted by molar-refractivity contribution is 0.304. The monoisotopic (exact) mass is 366 g/mol. The van der Waals surface area contributed by atoms with E-state index in [2.05, 4.69) is 37.2 Å². The number of aromatic nitrogens is 2. The molecule has 3 nitrogen and oxygen atoms in total. The Kier molecular flexibility index (Phi) is 7.67. The van der Waals surface area contributed by atoms with Crippen LogP contribution in [0.5, 0.6) is 5.75 Å². The normalized spacial score (nSPS) is 16.1. The number of rotatable bonds is 10. The van der Waals surface area contributed by atoms with Gasteiger partial charge in [0.1, 0.15) is 5.75 Å². The highest BCUT2D eigenvalue weighted by Gasteiger charge is 2.20. The quantitative estimate of drug-likeness (QED) is 0.456. The summed E-state index contributed by atoms with van der Waals surface area (Å²) >= 11 is 0. The molecule has 0 N–H and O–H groups in total. The minimum atomic E-state index is 0.803. The van der Waals surface area contributed by atoms with Crippen LogP contribution in [-0.4, -0.2) is 16.6 Å². The van der Waals surface area contributed by atoms with Gasteiger partial charge in [-0.15, -0.1) is 0 Å². The fourth-order valence-electron chi connectivity index (χ4n) is 3.97. The van der Waals surface area contributed by atoms with Crippen molar-refractivity contribution in [3.05, 3.63) is 41.7 Å². The van der Waals surface area contributed by atoms with Gasteiger partial charge in [0.05, 0.1) is 6.61 Å². The van der Waals surface area contributed by atoms with Gasteiger partial charge in [-0.05, 0) is 61.4 Å². The first-order valence-electron chi connectivity index (χ1n) is 10.9. The zero-order valence-corrected chi connectivity index (χ0v) is 17.0. The Balaban J connectivity index is 1.54. The zero-order valence-electron chi connectivity index (χ0n) is 17.0. The first-order valence-corrected chi connectivity index (χ1v) is 10.9. The molecule has 0 amide bonds. The molecule has 1 aromatic heterocycles. The summed E-state index contributed by atoms with van der Waals surface area (Å²) in [6.07, 6.45) is 14.5. The Bertz CT molecular complexity index is 696. The van der Waals surface area contributed by atoms with Crippen LogP contribution >= 0.6 is 0 Å². The van der Waals surface area contributed by atoms with Gasteiger partial charge in [-0.2, -0.15) is 0 Å². The lowest BCUT2D eigenvalue weighted by atomic mass is 9.84. The third kappa shape index (κ3) is 5.79. The van der Waals surface area contributed by atoms with E-state index in [1.807, 2.05) is 12.1 Å². The van der Waals surface area contributed by atoms with E-state index in [4.69, 9.17) is 9.72 Å². The predicted octanol–water partition coefficient (Wildman–Crippen LogP) is 6.40. The molecule has 146 valence electrons. The van der Waals surface area contributed by atoms with E-state index >= 15 is 0 Å². The Morgan fingerprint density at radius 1 is 1.00 bits per heavy atom. The summed E-state index contributed by atoms with van der Waals surface area (Å²) in [6.45, 7) is 5.32. The molecule has 0 bridgehead atoms. The molecule has 0 saturated heterocycles. The molecule has 1 aromatic carbocycles. The summed E-state index contributed by atoms with van der Waals surface area (Å²) in [5.74, 6) is 2.60. The first kappa shape index (κ1) is 19.9. The number of unbranched alkanes of at least 4 members (excludes halogenated alkanes) is 4. The highest BCUT2D eigenvalue weighted by Crippen LogP contribution is 2.28. The lowest BCUT2D eigenvalue weighted by Crippen LogP contribution is -2.16. The standard InChI is InChI=1S/C24H34N2O/c1-3-5-6-7-8-16-27-22-13-11-20(12-14-22)24-25-18-21-17-19(9-4-2)10-15-23(21)26-24/h11-14,18-19H,3-10,15-17H2,1-2H3. The van der Waals surface area contributed by atoms with Gasteiger partial charge >= 0.3 is 0 Å². The maximum atomic E-state index is 5.86. The second kappa shape index (κ2) is 10.4. The van der Waals surface area contributed by atoms with Crippen LogP contribution in [0.2, 0.25) is 0 Å². The summed E-state index contributed by atoms with van der Waals surface area (Å²) < 4.78 is 5.86. The molecule has 0 fully saturated rings. The number of nitrogens with zero attached hydrogens (tertiary/aromatic N) is 2. The smallest absolute Gasteiger partial charge is 0.159 e. The Labute approximate surface area is 164 Å². The molecule has 1 heterocycles. The summed E-state index contributed by atoms with van der Waals surface area (Å²) in [6, 6.07) is 8.25. The van der Waals surface area contributed by atoms with Crippen molar-refractivity contribution in [2.24, 2.45) is 5.92 Å². The molecule has 1 aliphatic carbocycles. The van der Waals surface area contributed by atoms with E-state index in [-0.39, 0.29) is 0 Å². The summed E-state index contributed by atoms with van der Waals surface area (Å²) in [7, 11) is 0. The molecule has 2 aromatic rings. The van der Waals surface area contributed by atoms with Gasteiger partial charge < -0.3 is 4.74 Å². The number of benzene rings is 1. The number of aryl methyl sites for hydroxylation is 1. The number of hydrogen-bond donors (Lipinski definition) is 0. The van der Waals surface area contributed by atoms with E-state index < -0.39 is 0 Å². The second-order valence-electron chi connectivity index (χ2n) is 7.85. The third-order valence-electron chi connectivity index (χ3n) is 5.58. The van der Waals surface area contributed by atoms with Gasteiger partial charge in [-0.1, -0.05) is 52.4 Å². The van der Waals surface area contributed by atoms with Crippen LogP contribution in [0.1, 0.15) is 76.5 Å². The number of ether oxygens (including phenoxy) is 1. The zero-order chi connectivity index (χ0) is 18.9. The van der Waals surface area contributed by atoms with E-state index in [0.717, 1.165) is 48.9 Å². The van der Waals surface area contributed by atoms with Crippen molar-refractivity contribution in [3.63, 3.8) is 0 Å². The van der Waals surface area contributed by atoms with Gasteiger partial charge in [-0.25, -0.2) is 9.97 Å². The van der Waals surface area contributed by atoms with Crippen molar-refractivity contribution in [2.75, 3.05) is 6.61 Å². The topological polar surface area (TPSA) is 35.0 Å². The molecule has 0 saturated carbocycles. The molecule has 1 atom stereocenters. The van der Waals surface area contributed by atoms with Crippen molar-refractivity contribution < 1.29 is 4.74 Å². The Hall–Kier alpha value is -1.90. The lowest BCUT2D eigenvalue weighted by Gasteiger charge is -2.23. The molecule has 1 unspecified atom stereocenters. The predicted molar refractivity (Wildman–Crippen MR) is 112 cm³/mol. The Morgan fingerprint density at radius 2 is 1.81 bits per heavy atom. The fraction of sp³-hybridized carbons (Fsp3) is 0.583. The van der Waals surface area contributed by atoms with E-state index in [9.17, 15) is 0 Å². The summed E-state index contributed by atoms with van der Waals surface area (Å²) in [5.41, 5.74) is 3.68. The summed E-state index contributed by atoms with van der Waals surface area (Å²) in [5, 5.41) is 0. The van der Waals surface area contributed by atoms with Crippen molar-refractivity contribution >= 4 is 0 Å². The van der Waals surface area contributed by atoms with Crippen molar-refractivity contribution in [1.29, 1.82) is 0 Å². The van der Waals surface area contributed by atoms with Crippen LogP contribution in [-0.2, 0) is 12.8 Å². The maximum absolute atomic E-state index is 5.86. The van der Waals surface area contributed by atoms with E-state index in [1.165, 1.54) is 56.2 Å². The molecular formula is C24H34N2O. The highest BCUT2D eigenvalue weighted by atomic mass is 16.5. The molecule has 0 spiro atoms. The van der Waals surface area contributed by atoms with Gasteiger partial charge in [0.2, 0.25) is 0 Å². The molecule has 1 aliphatic rings. The first-order chi connectivity index (χ1) is 13.3. The average Bonchev–Trinajstić information content (AvgIpc) is 2.71. The fourth-order valence-corrected chi connectivity index (χ4v) is 3.97. The second-order valence-corrected chi connectivity index (χ2v) is 7.85. The van der Waals surface area contributed by atoms with Gasteiger partial charge in [0, 0.05) is 17.5 Å². The SMILES string of the molecule is CCCCCCCOc1ccc(-c2ncc3c(n2)CCC(CCC)C3)cc1. The largest absolute Gasteiger partial charge is 0.494 e. The molecule has 3 heteroatoms. The van der Waals surface area contributed by atoms with Crippen molar-refractivity contribution in [2.45, 2.75) is 78.1 Å². The van der Waals surface area contributed by atoms with E-state index in [1.54, 1.807) is 0 Å². The Morgan fingerprint density at radius 3 is 2.59 bits per heavy atom. The number of hydrogen-bond acceptors (Lipinski definition) is 3. The highest BCUT2D eigenvalue weighted by molar-refractivity contribution is 5.56. The van der Waals surface area contributed by atoms with Crippen LogP contribution in [0, 0.1) is 5.92 Å².